The highest BCUT2D eigenvalue weighted by atomic mass is 16.2. The number of benzene rings is 1. The molecule has 2 saturated heterocycles. The Morgan fingerprint density at radius 1 is 0.788 bits per heavy atom. The van der Waals surface area contributed by atoms with Gasteiger partial charge in [-0.15, -0.1) is 10.2 Å². The number of carbonyl (C=O) groups excluding carboxylic acids is 1. The maximum absolute atomic E-state index is 12.9. The Balaban J connectivity index is 1.08. The molecule has 33 heavy (non-hydrogen) atoms. The number of carbonyl (C=O) groups is 1. The van der Waals surface area contributed by atoms with Crippen LogP contribution >= 0.6 is 0 Å². The monoisotopic (exact) mass is 446 g/mol. The van der Waals surface area contributed by atoms with Crippen LogP contribution in [0.1, 0.15) is 5.69 Å². The molecule has 0 N–H and O–H groups in total. The van der Waals surface area contributed by atoms with Crippen molar-refractivity contribution in [3.05, 3.63) is 60.4 Å². The number of para-hydroxylation sites is 1. The van der Waals surface area contributed by atoms with Crippen LogP contribution in [-0.2, 0) is 4.79 Å². The van der Waals surface area contributed by atoms with E-state index >= 15 is 0 Å². The van der Waals surface area contributed by atoms with Gasteiger partial charge < -0.3 is 14.7 Å². The molecule has 0 saturated carbocycles. The van der Waals surface area contributed by atoms with E-state index in [9.17, 15) is 4.79 Å². The maximum atomic E-state index is 12.9. The van der Waals surface area contributed by atoms with Crippen LogP contribution in [0.3, 0.4) is 0 Å². The number of aromatic nitrogens is 4. The Morgan fingerprint density at radius 3 is 2.09 bits per heavy atom. The summed E-state index contributed by atoms with van der Waals surface area (Å²) in [6, 6.07) is 16.3. The second-order valence-electron chi connectivity index (χ2n) is 8.62. The van der Waals surface area contributed by atoms with Crippen LogP contribution in [0.15, 0.2) is 54.7 Å². The van der Waals surface area contributed by atoms with E-state index in [1.807, 2.05) is 42.3 Å². The third kappa shape index (κ3) is 4.98. The van der Waals surface area contributed by atoms with Gasteiger partial charge in [0.15, 0.2) is 11.6 Å². The average molecular weight is 447 g/mol. The van der Waals surface area contributed by atoms with Crippen molar-refractivity contribution in [3.63, 3.8) is 0 Å². The Morgan fingerprint density at radius 2 is 1.45 bits per heavy atom. The molecule has 0 bridgehead atoms. The van der Waals surface area contributed by atoms with Crippen LogP contribution in [0, 0.1) is 6.92 Å². The summed E-state index contributed by atoms with van der Waals surface area (Å²) in [5.41, 5.74) is 2.18. The molecule has 0 aliphatic carbocycles. The molecule has 0 spiro atoms. The van der Waals surface area contributed by atoms with E-state index in [4.69, 9.17) is 0 Å². The molecule has 1 amide bonds. The molecule has 0 radical (unpaired) electrons. The molecule has 172 valence electrons. The minimum Gasteiger partial charge on any atom is -0.368 e. The number of nitrogens with zero attached hydrogens (tertiary/aromatic N) is 8. The number of amides is 1. The van der Waals surface area contributed by atoms with Crippen molar-refractivity contribution >= 4 is 17.4 Å². The van der Waals surface area contributed by atoms with Crippen molar-refractivity contribution in [1.29, 1.82) is 0 Å². The molecule has 9 nitrogen and oxygen atoms in total. The molecule has 2 aromatic heterocycles. The van der Waals surface area contributed by atoms with Crippen molar-refractivity contribution in [2.75, 3.05) is 68.7 Å². The number of hydrogen-bond acceptors (Lipinski definition) is 7. The van der Waals surface area contributed by atoms with Gasteiger partial charge in [-0.05, 0) is 37.3 Å². The normalized spacial score (nSPS) is 17.4. The highest BCUT2D eigenvalue weighted by Crippen LogP contribution is 2.17. The number of anilines is 2. The number of rotatable bonds is 5. The fraction of sp³-hybridized carbons (Fsp3) is 0.417. The summed E-state index contributed by atoms with van der Waals surface area (Å²) >= 11 is 0. The van der Waals surface area contributed by atoms with Crippen molar-refractivity contribution in [3.8, 4) is 5.82 Å². The Kier molecular flexibility index (Phi) is 6.21. The molecule has 2 fully saturated rings. The summed E-state index contributed by atoms with van der Waals surface area (Å²) in [5.74, 6) is 1.81. The summed E-state index contributed by atoms with van der Waals surface area (Å²) in [5, 5.41) is 13.1. The van der Waals surface area contributed by atoms with Gasteiger partial charge in [0.1, 0.15) is 0 Å². The van der Waals surface area contributed by atoms with Gasteiger partial charge in [0.2, 0.25) is 5.91 Å². The highest BCUT2D eigenvalue weighted by Gasteiger charge is 2.25. The predicted molar refractivity (Wildman–Crippen MR) is 128 cm³/mol. The Bertz CT molecular complexity index is 1050. The quantitative estimate of drug-likeness (QED) is 0.587. The number of piperazine rings is 2. The molecular weight excluding hydrogens is 416 g/mol. The van der Waals surface area contributed by atoms with Crippen molar-refractivity contribution in [2.45, 2.75) is 6.92 Å². The second-order valence-corrected chi connectivity index (χ2v) is 8.62. The van der Waals surface area contributed by atoms with Crippen LogP contribution in [0.4, 0.5) is 11.5 Å². The van der Waals surface area contributed by atoms with E-state index in [0.717, 1.165) is 63.9 Å². The van der Waals surface area contributed by atoms with Gasteiger partial charge in [-0.3, -0.25) is 9.69 Å². The highest BCUT2D eigenvalue weighted by molar-refractivity contribution is 5.78. The lowest BCUT2D eigenvalue weighted by molar-refractivity contribution is -0.132. The third-order valence-corrected chi connectivity index (χ3v) is 6.40. The van der Waals surface area contributed by atoms with Gasteiger partial charge in [0, 0.05) is 64.2 Å². The average Bonchev–Trinajstić information content (AvgIpc) is 3.31. The number of aryl methyl sites for hydroxylation is 1. The molecule has 3 aromatic rings. The van der Waals surface area contributed by atoms with Crippen LogP contribution < -0.4 is 9.80 Å². The number of hydrogen-bond donors (Lipinski definition) is 0. The Hall–Kier alpha value is -3.46. The van der Waals surface area contributed by atoms with Gasteiger partial charge in [0.25, 0.3) is 0 Å². The molecule has 0 atom stereocenters. The van der Waals surface area contributed by atoms with Crippen LogP contribution in [0.25, 0.3) is 5.82 Å². The largest absolute Gasteiger partial charge is 0.368 e. The zero-order valence-corrected chi connectivity index (χ0v) is 19.0. The lowest BCUT2D eigenvalue weighted by atomic mass is 10.2. The first kappa shape index (κ1) is 21.4. The smallest absolute Gasteiger partial charge is 0.236 e. The van der Waals surface area contributed by atoms with E-state index in [0.29, 0.717) is 12.4 Å². The zero-order valence-electron chi connectivity index (χ0n) is 19.0. The van der Waals surface area contributed by atoms with Crippen molar-refractivity contribution in [2.24, 2.45) is 0 Å². The minimum absolute atomic E-state index is 0.231. The van der Waals surface area contributed by atoms with Gasteiger partial charge in [-0.1, -0.05) is 18.2 Å². The molecular formula is C24H30N8O. The standard InChI is InChI=1S/C24H30N8O/c1-20-9-10-32(27-20)23-8-7-22(25-26-23)30-13-11-28(12-14-30)19-24(33)31-17-15-29(16-18-31)21-5-3-2-4-6-21/h2-10H,11-19H2,1H3. The molecule has 2 aliphatic heterocycles. The van der Waals surface area contributed by atoms with Gasteiger partial charge in [-0.2, -0.15) is 5.10 Å². The van der Waals surface area contributed by atoms with E-state index < -0.39 is 0 Å². The summed E-state index contributed by atoms with van der Waals surface area (Å²) in [6.45, 7) is 9.14. The second kappa shape index (κ2) is 9.58. The Labute approximate surface area is 194 Å². The van der Waals surface area contributed by atoms with Gasteiger partial charge in [-0.25, -0.2) is 4.68 Å². The molecule has 5 rings (SSSR count). The first-order valence-electron chi connectivity index (χ1n) is 11.6. The topological polar surface area (TPSA) is 73.6 Å². The van der Waals surface area contributed by atoms with Crippen LogP contribution in [0.2, 0.25) is 0 Å². The summed E-state index contributed by atoms with van der Waals surface area (Å²) in [4.78, 5) is 21.7. The summed E-state index contributed by atoms with van der Waals surface area (Å²) in [6.07, 6.45) is 1.89. The van der Waals surface area contributed by atoms with E-state index in [-0.39, 0.29) is 5.91 Å². The molecule has 4 heterocycles. The maximum Gasteiger partial charge on any atom is 0.236 e. The SMILES string of the molecule is Cc1ccn(-c2ccc(N3CCN(CC(=O)N4CCN(c5ccccc5)CC4)CC3)nn2)n1. The zero-order chi connectivity index (χ0) is 22.6. The fourth-order valence-electron chi connectivity index (χ4n) is 4.43. The van der Waals surface area contributed by atoms with E-state index in [1.165, 1.54) is 5.69 Å². The van der Waals surface area contributed by atoms with Crippen molar-refractivity contribution < 1.29 is 4.79 Å². The molecule has 9 heteroatoms. The predicted octanol–water partition coefficient (Wildman–Crippen LogP) is 1.44. The first-order valence-corrected chi connectivity index (χ1v) is 11.6. The molecule has 1 aromatic carbocycles. The lowest BCUT2D eigenvalue weighted by Crippen LogP contribution is -2.54. The van der Waals surface area contributed by atoms with E-state index in [2.05, 4.69) is 54.3 Å². The summed E-state index contributed by atoms with van der Waals surface area (Å²) in [7, 11) is 0. The molecule has 2 aliphatic rings. The summed E-state index contributed by atoms with van der Waals surface area (Å²) < 4.78 is 1.73. The van der Waals surface area contributed by atoms with Crippen LogP contribution in [-0.4, -0.2) is 94.6 Å². The molecule has 0 unspecified atom stereocenters. The van der Waals surface area contributed by atoms with E-state index in [1.54, 1.807) is 4.68 Å². The minimum atomic E-state index is 0.231. The fourth-order valence-corrected chi connectivity index (χ4v) is 4.43. The lowest BCUT2D eigenvalue weighted by Gasteiger charge is -2.38. The van der Waals surface area contributed by atoms with Gasteiger partial charge in [0.05, 0.1) is 12.2 Å². The van der Waals surface area contributed by atoms with Crippen LogP contribution in [0.5, 0.6) is 0 Å². The first-order chi connectivity index (χ1) is 16.2. The van der Waals surface area contributed by atoms with Gasteiger partial charge >= 0.3 is 0 Å². The van der Waals surface area contributed by atoms with Crippen molar-refractivity contribution in [1.82, 2.24) is 29.8 Å². The third-order valence-electron chi connectivity index (χ3n) is 6.40.